The number of thiocarbonyl (C=S) groups is 1. The summed E-state index contributed by atoms with van der Waals surface area (Å²) in [6.45, 7) is 3.84. The van der Waals surface area contributed by atoms with Crippen LogP contribution in [0.1, 0.15) is 21.5 Å². The van der Waals surface area contributed by atoms with Gasteiger partial charge in [0.25, 0.3) is 5.91 Å². The lowest BCUT2D eigenvalue weighted by Gasteiger charge is -2.13. The number of nitrogens with one attached hydrogen (secondary N) is 2. The topological polar surface area (TPSA) is 71.3 Å². The zero-order chi connectivity index (χ0) is 22.0. The minimum absolute atomic E-state index is 0.178. The number of carbonyl (C=O) groups is 1. The Bertz CT molecular complexity index is 1370. The van der Waals surface area contributed by atoms with Crippen LogP contribution in [0.2, 0.25) is 0 Å². The zero-order valence-corrected chi connectivity index (χ0v) is 17.9. The van der Waals surface area contributed by atoms with E-state index in [2.05, 4.69) is 10.6 Å². The van der Waals surface area contributed by atoms with E-state index in [4.69, 9.17) is 16.6 Å². The SMILES string of the molecule is Cc1cccc(C(=O)NC(=S)Nc2cc(-c3cc4ccccc4oc3=O)ccc2C)c1. The van der Waals surface area contributed by atoms with E-state index < -0.39 is 5.63 Å². The van der Waals surface area contributed by atoms with E-state index in [-0.39, 0.29) is 11.0 Å². The molecule has 0 aliphatic heterocycles. The quantitative estimate of drug-likeness (QED) is 0.347. The van der Waals surface area contributed by atoms with Crippen LogP contribution in [0.5, 0.6) is 0 Å². The Kier molecular flexibility index (Phi) is 5.64. The van der Waals surface area contributed by atoms with Gasteiger partial charge in [0.2, 0.25) is 0 Å². The fraction of sp³-hybridized carbons (Fsp3) is 0.0800. The Labute approximate surface area is 184 Å². The highest BCUT2D eigenvalue weighted by atomic mass is 32.1. The van der Waals surface area contributed by atoms with Crippen molar-refractivity contribution in [1.29, 1.82) is 0 Å². The summed E-state index contributed by atoms with van der Waals surface area (Å²) in [7, 11) is 0. The largest absolute Gasteiger partial charge is 0.422 e. The molecule has 4 rings (SSSR count). The first-order valence-corrected chi connectivity index (χ1v) is 10.1. The predicted octanol–water partition coefficient (Wildman–Crippen LogP) is 5.20. The molecular formula is C25H20N2O3S. The Morgan fingerprint density at radius 2 is 1.74 bits per heavy atom. The van der Waals surface area contributed by atoms with E-state index in [1.807, 2.05) is 68.4 Å². The molecule has 0 atom stereocenters. The average molecular weight is 429 g/mol. The summed E-state index contributed by atoms with van der Waals surface area (Å²) >= 11 is 5.33. The monoisotopic (exact) mass is 428 g/mol. The molecule has 1 heterocycles. The van der Waals surface area contributed by atoms with Crippen LogP contribution in [-0.2, 0) is 0 Å². The van der Waals surface area contributed by atoms with Crippen molar-refractivity contribution < 1.29 is 9.21 Å². The van der Waals surface area contributed by atoms with Crippen LogP contribution in [0.4, 0.5) is 5.69 Å². The Morgan fingerprint density at radius 3 is 2.55 bits per heavy atom. The standard InChI is InChI=1S/C25H20N2O3S/c1-15-6-5-8-19(12-15)23(28)27-25(31)26-21-14-17(11-10-16(21)2)20-13-18-7-3-4-9-22(18)30-24(20)29/h3-14H,1-2H3,(H2,26,27,28,31). The van der Waals surface area contributed by atoms with Gasteiger partial charge in [0.05, 0.1) is 5.56 Å². The van der Waals surface area contributed by atoms with Crippen molar-refractivity contribution in [2.24, 2.45) is 0 Å². The van der Waals surface area contributed by atoms with E-state index >= 15 is 0 Å². The minimum atomic E-state index is -0.413. The van der Waals surface area contributed by atoms with Crippen molar-refractivity contribution in [3.05, 3.63) is 99.9 Å². The van der Waals surface area contributed by atoms with Gasteiger partial charge in [-0.3, -0.25) is 10.1 Å². The van der Waals surface area contributed by atoms with Gasteiger partial charge in [-0.15, -0.1) is 0 Å². The van der Waals surface area contributed by atoms with E-state index in [1.54, 1.807) is 18.2 Å². The summed E-state index contributed by atoms with van der Waals surface area (Å²) in [6.07, 6.45) is 0. The second-order valence-electron chi connectivity index (χ2n) is 7.29. The fourth-order valence-electron chi connectivity index (χ4n) is 3.30. The van der Waals surface area contributed by atoms with Gasteiger partial charge < -0.3 is 9.73 Å². The van der Waals surface area contributed by atoms with Crippen LogP contribution >= 0.6 is 12.2 Å². The van der Waals surface area contributed by atoms with Gasteiger partial charge in [-0.1, -0.05) is 48.0 Å². The smallest absolute Gasteiger partial charge is 0.344 e. The van der Waals surface area contributed by atoms with Crippen LogP contribution in [-0.4, -0.2) is 11.0 Å². The molecule has 0 aliphatic rings. The number of rotatable bonds is 3. The number of hydrogen-bond donors (Lipinski definition) is 2. The fourth-order valence-corrected chi connectivity index (χ4v) is 3.51. The normalized spacial score (nSPS) is 10.6. The molecule has 4 aromatic rings. The molecule has 154 valence electrons. The van der Waals surface area contributed by atoms with Crippen molar-refractivity contribution in [2.75, 3.05) is 5.32 Å². The maximum absolute atomic E-state index is 12.5. The van der Waals surface area contributed by atoms with Crippen LogP contribution < -0.4 is 16.3 Å². The molecule has 31 heavy (non-hydrogen) atoms. The van der Waals surface area contributed by atoms with E-state index in [1.165, 1.54) is 0 Å². The molecule has 0 unspecified atom stereocenters. The third-order valence-electron chi connectivity index (χ3n) is 4.95. The highest BCUT2D eigenvalue weighted by Crippen LogP contribution is 2.26. The second kappa shape index (κ2) is 8.53. The summed E-state index contributed by atoms with van der Waals surface area (Å²) in [5, 5.41) is 6.77. The molecule has 1 aromatic heterocycles. The summed E-state index contributed by atoms with van der Waals surface area (Å²) < 4.78 is 5.45. The molecule has 0 radical (unpaired) electrons. The molecule has 0 saturated carbocycles. The van der Waals surface area contributed by atoms with Gasteiger partial charge in [0.15, 0.2) is 5.11 Å². The van der Waals surface area contributed by atoms with Gasteiger partial charge >= 0.3 is 5.63 Å². The molecule has 0 bridgehead atoms. The molecule has 0 aliphatic carbocycles. The minimum Gasteiger partial charge on any atom is -0.422 e. The van der Waals surface area contributed by atoms with E-state index in [9.17, 15) is 9.59 Å². The van der Waals surface area contributed by atoms with Crippen LogP contribution in [0.15, 0.2) is 82.0 Å². The van der Waals surface area contributed by atoms with Gasteiger partial charge in [-0.2, -0.15) is 0 Å². The van der Waals surface area contributed by atoms with Gasteiger partial charge in [-0.25, -0.2) is 4.79 Å². The first kappa shape index (κ1) is 20.5. The zero-order valence-electron chi connectivity index (χ0n) is 17.1. The lowest BCUT2D eigenvalue weighted by Crippen LogP contribution is -2.34. The Hall–Kier alpha value is -3.77. The Morgan fingerprint density at radius 1 is 0.935 bits per heavy atom. The summed E-state index contributed by atoms with van der Waals surface area (Å²) in [6, 6.07) is 22.0. The molecule has 0 saturated heterocycles. The number of anilines is 1. The molecule has 0 fully saturated rings. The number of hydrogen-bond acceptors (Lipinski definition) is 4. The molecule has 3 aromatic carbocycles. The van der Waals surface area contributed by atoms with Gasteiger partial charge in [0.1, 0.15) is 5.58 Å². The lowest BCUT2D eigenvalue weighted by molar-refractivity contribution is 0.0977. The molecule has 6 heteroatoms. The predicted molar refractivity (Wildman–Crippen MR) is 128 cm³/mol. The molecule has 1 amide bonds. The maximum atomic E-state index is 12.5. The van der Waals surface area contributed by atoms with Crippen molar-refractivity contribution in [2.45, 2.75) is 13.8 Å². The van der Waals surface area contributed by atoms with E-state index in [0.717, 1.165) is 16.5 Å². The molecule has 0 spiro atoms. The van der Waals surface area contributed by atoms with Crippen LogP contribution in [0, 0.1) is 13.8 Å². The first-order valence-electron chi connectivity index (χ1n) is 9.73. The molecular weight excluding hydrogens is 408 g/mol. The summed E-state index contributed by atoms with van der Waals surface area (Å²) in [5.74, 6) is -0.287. The van der Waals surface area contributed by atoms with Gasteiger partial charge in [-0.05, 0) is 67.5 Å². The number of para-hydroxylation sites is 1. The number of aryl methyl sites for hydroxylation is 2. The van der Waals surface area contributed by atoms with Crippen LogP contribution in [0.3, 0.4) is 0 Å². The summed E-state index contributed by atoms with van der Waals surface area (Å²) in [4.78, 5) is 25.0. The highest BCUT2D eigenvalue weighted by Gasteiger charge is 2.12. The number of amides is 1. The number of benzene rings is 3. The highest BCUT2D eigenvalue weighted by molar-refractivity contribution is 7.80. The molecule has 2 N–H and O–H groups in total. The first-order chi connectivity index (χ1) is 14.9. The number of carbonyl (C=O) groups excluding carboxylic acids is 1. The third-order valence-corrected chi connectivity index (χ3v) is 5.15. The van der Waals surface area contributed by atoms with Crippen molar-refractivity contribution in [1.82, 2.24) is 5.32 Å². The lowest BCUT2D eigenvalue weighted by atomic mass is 10.0. The van der Waals surface area contributed by atoms with Crippen molar-refractivity contribution >= 4 is 39.9 Å². The van der Waals surface area contributed by atoms with Crippen molar-refractivity contribution in [3.8, 4) is 11.1 Å². The average Bonchev–Trinajstić information content (AvgIpc) is 2.75. The number of fused-ring (bicyclic) bond motifs is 1. The van der Waals surface area contributed by atoms with Crippen LogP contribution in [0.25, 0.3) is 22.1 Å². The maximum Gasteiger partial charge on any atom is 0.344 e. The third kappa shape index (κ3) is 4.54. The van der Waals surface area contributed by atoms with E-state index in [0.29, 0.717) is 28.0 Å². The Balaban J connectivity index is 1.58. The van der Waals surface area contributed by atoms with Crippen molar-refractivity contribution in [3.63, 3.8) is 0 Å². The summed E-state index contributed by atoms with van der Waals surface area (Å²) in [5.41, 5.74) is 4.41. The van der Waals surface area contributed by atoms with Gasteiger partial charge in [0, 0.05) is 16.6 Å². The second-order valence-corrected chi connectivity index (χ2v) is 7.70. The molecule has 5 nitrogen and oxygen atoms in total.